The van der Waals surface area contributed by atoms with Gasteiger partial charge < -0.3 is 15.2 Å². The molecule has 0 aliphatic rings. The number of benzene rings is 1. The maximum absolute atomic E-state index is 5.71. The van der Waals surface area contributed by atoms with E-state index in [-0.39, 0.29) is 0 Å². The van der Waals surface area contributed by atoms with E-state index in [1.807, 2.05) is 6.07 Å². The third-order valence-corrected chi connectivity index (χ3v) is 3.22. The number of aromatic amines is 1. The van der Waals surface area contributed by atoms with Crippen molar-refractivity contribution in [1.29, 1.82) is 0 Å². The standard InChI is InChI=1S/C13H13N3O/c1-7-8(2)16-12-5-9(3-4-10(7)12)11-6-15-17-13(11)14/h3-6,16H,14H2,1-2H3. The Labute approximate surface area is 98.4 Å². The van der Waals surface area contributed by atoms with Crippen LogP contribution in [0, 0.1) is 13.8 Å². The number of nitrogens with one attached hydrogen (secondary N) is 1. The number of nitrogens with zero attached hydrogens (tertiary/aromatic N) is 1. The van der Waals surface area contributed by atoms with Crippen LogP contribution in [-0.4, -0.2) is 10.1 Å². The van der Waals surface area contributed by atoms with Crippen LogP contribution < -0.4 is 5.73 Å². The minimum Gasteiger partial charge on any atom is -0.367 e. The largest absolute Gasteiger partial charge is 0.367 e. The maximum Gasteiger partial charge on any atom is 0.229 e. The summed E-state index contributed by atoms with van der Waals surface area (Å²) in [6.07, 6.45) is 1.64. The van der Waals surface area contributed by atoms with E-state index in [1.165, 1.54) is 16.6 Å². The van der Waals surface area contributed by atoms with Crippen LogP contribution in [0.25, 0.3) is 22.0 Å². The molecule has 0 amide bonds. The first kappa shape index (κ1) is 9.96. The molecule has 2 aromatic heterocycles. The summed E-state index contributed by atoms with van der Waals surface area (Å²) < 4.78 is 4.88. The lowest BCUT2D eigenvalue weighted by Crippen LogP contribution is -1.84. The molecule has 1 aromatic carbocycles. The minimum atomic E-state index is 0.351. The number of hydrogen-bond donors (Lipinski definition) is 2. The molecule has 0 fully saturated rings. The third kappa shape index (κ3) is 1.41. The number of hydrogen-bond acceptors (Lipinski definition) is 3. The Morgan fingerprint density at radius 3 is 2.82 bits per heavy atom. The highest BCUT2D eigenvalue weighted by Crippen LogP contribution is 2.30. The summed E-state index contributed by atoms with van der Waals surface area (Å²) in [5.41, 5.74) is 11.1. The van der Waals surface area contributed by atoms with E-state index in [9.17, 15) is 0 Å². The van der Waals surface area contributed by atoms with Gasteiger partial charge in [-0.05, 0) is 31.0 Å². The molecule has 0 saturated heterocycles. The predicted molar refractivity (Wildman–Crippen MR) is 67.7 cm³/mol. The smallest absolute Gasteiger partial charge is 0.229 e. The first-order valence-corrected chi connectivity index (χ1v) is 5.46. The summed E-state index contributed by atoms with van der Waals surface area (Å²) in [7, 11) is 0. The Balaban J connectivity index is 2.24. The number of aryl methyl sites for hydroxylation is 2. The molecule has 3 N–H and O–H groups in total. The van der Waals surface area contributed by atoms with Crippen molar-refractivity contribution in [3.8, 4) is 11.1 Å². The molecule has 2 heterocycles. The zero-order chi connectivity index (χ0) is 12.0. The summed E-state index contributed by atoms with van der Waals surface area (Å²) >= 11 is 0. The highest BCUT2D eigenvalue weighted by molar-refractivity contribution is 5.89. The highest BCUT2D eigenvalue weighted by Gasteiger charge is 2.09. The second-order valence-corrected chi connectivity index (χ2v) is 4.24. The average molecular weight is 227 g/mol. The van der Waals surface area contributed by atoms with Crippen molar-refractivity contribution in [3.05, 3.63) is 35.7 Å². The number of nitrogens with two attached hydrogens (primary N) is 1. The summed E-state index contributed by atoms with van der Waals surface area (Å²) in [6, 6.07) is 6.19. The molecular formula is C13H13N3O. The van der Waals surface area contributed by atoms with Gasteiger partial charge in [0.1, 0.15) is 0 Å². The molecule has 0 atom stereocenters. The zero-order valence-corrected chi connectivity index (χ0v) is 9.74. The first-order valence-electron chi connectivity index (χ1n) is 5.46. The van der Waals surface area contributed by atoms with Crippen LogP contribution in [0.3, 0.4) is 0 Å². The van der Waals surface area contributed by atoms with Gasteiger partial charge in [-0.15, -0.1) is 0 Å². The van der Waals surface area contributed by atoms with Crippen LogP contribution in [0.15, 0.2) is 28.9 Å². The van der Waals surface area contributed by atoms with Crippen molar-refractivity contribution in [2.75, 3.05) is 5.73 Å². The Kier molecular flexibility index (Phi) is 1.98. The Hall–Kier alpha value is -2.23. The molecule has 0 radical (unpaired) electrons. The third-order valence-electron chi connectivity index (χ3n) is 3.22. The van der Waals surface area contributed by atoms with E-state index in [0.717, 1.165) is 16.6 Å². The van der Waals surface area contributed by atoms with E-state index in [4.69, 9.17) is 10.3 Å². The van der Waals surface area contributed by atoms with Crippen molar-refractivity contribution in [2.45, 2.75) is 13.8 Å². The van der Waals surface area contributed by atoms with Gasteiger partial charge in [0.2, 0.25) is 5.88 Å². The van der Waals surface area contributed by atoms with E-state index in [2.05, 4.69) is 36.1 Å². The molecule has 0 aliphatic heterocycles. The van der Waals surface area contributed by atoms with E-state index in [1.54, 1.807) is 6.20 Å². The first-order chi connectivity index (χ1) is 8.16. The fourth-order valence-corrected chi connectivity index (χ4v) is 2.11. The van der Waals surface area contributed by atoms with Crippen LogP contribution in [0.4, 0.5) is 5.88 Å². The number of anilines is 1. The van der Waals surface area contributed by atoms with Gasteiger partial charge in [-0.25, -0.2) is 0 Å². The van der Waals surface area contributed by atoms with Crippen LogP contribution in [0.2, 0.25) is 0 Å². The van der Waals surface area contributed by atoms with Crippen molar-refractivity contribution in [1.82, 2.24) is 10.1 Å². The second-order valence-electron chi connectivity index (χ2n) is 4.24. The van der Waals surface area contributed by atoms with Gasteiger partial charge in [0, 0.05) is 16.6 Å². The molecule has 3 aromatic rings. The fourth-order valence-electron chi connectivity index (χ4n) is 2.11. The SMILES string of the molecule is Cc1[nH]c2cc(-c3cnoc3N)ccc2c1C. The lowest BCUT2D eigenvalue weighted by molar-refractivity contribution is 0.436. The Bertz CT molecular complexity index is 694. The van der Waals surface area contributed by atoms with Crippen LogP contribution in [-0.2, 0) is 0 Å². The topological polar surface area (TPSA) is 67.8 Å². The highest BCUT2D eigenvalue weighted by atomic mass is 16.5. The number of H-pyrrole nitrogens is 1. The molecule has 0 saturated carbocycles. The Morgan fingerprint density at radius 2 is 2.12 bits per heavy atom. The molecule has 0 unspecified atom stereocenters. The number of nitrogen functional groups attached to an aromatic ring is 1. The molecular weight excluding hydrogens is 214 g/mol. The van der Waals surface area contributed by atoms with Crippen molar-refractivity contribution in [2.24, 2.45) is 0 Å². The van der Waals surface area contributed by atoms with Crippen LogP contribution in [0.1, 0.15) is 11.3 Å². The number of fused-ring (bicyclic) bond motifs is 1. The predicted octanol–water partition coefficient (Wildman–Crippen LogP) is 3.02. The van der Waals surface area contributed by atoms with Gasteiger partial charge >= 0.3 is 0 Å². The summed E-state index contributed by atoms with van der Waals surface area (Å²) in [6.45, 7) is 4.18. The molecule has 4 nitrogen and oxygen atoms in total. The normalized spacial score (nSPS) is 11.2. The molecule has 0 aliphatic carbocycles. The van der Waals surface area contributed by atoms with Gasteiger partial charge in [-0.3, -0.25) is 0 Å². The fraction of sp³-hybridized carbons (Fsp3) is 0.154. The molecule has 17 heavy (non-hydrogen) atoms. The minimum absolute atomic E-state index is 0.351. The number of aromatic nitrogens is 2. The van der Waals surface area contributed by atoms with E-state index in [0.29, 0.717) is 5.88 Å². The van der Waals surface area contributed by atoms with Gasteiger partial charge in [0.25, 0.3) is 0 Å². The summed E-state index contributed by atoms with van der Waals surface area (Å²) in [4.78, 5) is 3.36. The van der Waals surface area contributed by atoms with Crippen LogP contribution in [0.5, 0.6) is 0 Å². The molecule has 4 heteroatoms. The zero-order valence-electron chi connectivity index (χ0n) is 9.74. The van der Waals surface area contributed by atoms with Gasteiger partial charge in [0.05, 0.1) is 11.8 Å². The van der Waals surface area contributed by atoms with Gasteiger partial charge in [-0.2, -0.15) is 0 Å². The van der Waals surface area contributed by atoms with Crippen molar-refractivity contribution in [3.63, 3.8) is 0 Å². The monoisotopic (exact) mass is 227 g/mol. The van der Waals surface area contributed by atoms with Gasteiger partial charge in [0.15, 0.2) is 0 Å². The quantitative estimate of drug-likeness (QED) is 0.671. The molecule has 0 spiro atoms. The lowest BCUT2D eigenvalue weighted by atomic mass is 10.1. The second kappa shape index (κ2) is 3.38. The average Bonchev–Trinajstić information content (AvgIpc) is 2.84. The van der Waals surface area contributed by atoms with Crippen molar-refractivity contribution < 1.29 is 4.52 Å². The maximum atomic E-state index is 5.71. The van der Waals surface area contributed by atoms with E-state index < -0.39 is 0 Å². The molecule has 3 rings (SSSR count). The summed E-state index contributed by atoms with van der Waals surface area (Å²) in [5, 5.41) is 4.93. The van der Waals surface area contributed by atoms with Crippen molar-refractivity contribution >= 4 is 16.8 Å². The van der Waals surface area contributed by atoms with Gasteiger partial charge in [-0.1, -0.05) is 17.3 Å². The Morgan fingerprint density at radius 1 is 1.29 bits per heavy atom. The molecule has 86 valence electrons. The number of rotatable bonds is 1. The van der Waals surface area contributed by atoms with Crippen LogP contribution >= 0.6 is 0 Å². The van der Waals surface area contributed by atoms with E-state index >= 15 is 0 Å². The lowest BCUT2D eigenvalue weighted by Gasteiger charge is -1.98. The molecule has 0 bridgehead atoms. The summed E-state index contributed by atoms with van der Waals surface area (Å²) in [5.74, 6) is 0.351.